The summed E-state index contributed by atoms with van der Waals surface area (Å²) in [4.78, 5) is 0. The van der Waals surface area contributed by atoms with Crippen molar-refractivity contribution in [2.24, 2.45) is 0 Å². The summed E-state index contributed by atoms with van der Waals surface area (Å²) in [5.74, 6) is 0. The summed E-state index contributed by atoms with van der Waals surface area (Å²) in [5.41, 5.74) is 1.92. The van der Waals surface area contributed by atoms with Crippen molar-refractivity contribution in [2.75, 3.05) is 6.54 Å². The number of aryl methyl sites for hydroxylation is 1. The van der Waals surface area contributed by atoms with Gasteiger partial charge < -0.3 is 10.4 Å². The fourth-order valence-electron chi connectivity index (χ4n) is 1.59. The minimum absolute atomic E-state index is 0.276. The summed E-state index contributed by atoms with van der Waals surface area (Å²) in [6, 6.07) is 8.60. The van der Waals surface area contributed by atoms with Crippen LogP contribution in [0.2, 0.25) is 0 Å². The molecule has 0 aliphatic heterocycles. The van der Waals surface area contributed by atoms with Crippen molar-refractivity contribution in [3.8, 4) is 0 Å². The van der Waals surface area contributed by atoms with E-state index in [4.69, 9.17) is 0 Å². The lowest BCUT2D eigenvalue weighted by Crippen LogP contribution is -2.36. The Labute approximate surface area is 92.3 Å². The zero-order chi connectivity index (χ0) is 11.5. The first-order valence-corrected chi connectivity index (χ1v) is 5.41. The van der Waals surface area contributed by atoms with E-state index in [0.717, 1.165) is 0 Å². The van der Waals surface area contributed by atoms with Crippen LogP contribution in [0.3, 0.4) is 0 Å². The summed E-state index contributed by atoms with van der Waals surface area (Å²) >= 11 is 0. The second-order valence-electron chi connectivity index (χ2n) is 4.77. The predicted molar refractivity (Wildman–Crippen MR) is 63.9 cm³/mol. The number of rotatable bonds is 4. The van der Waals surface area contributed by atoms with Gasteiger partial charge in [-0.1, -0.05) is 24.3 Å². The molecule has 0 aliphatic carbocycles. The smallest absolute Gasteiger partial charge is 0.0715 e. The van der Waals surface area contributed by atoms with Crippen LogP contribution in [0, 0.1) is 6.92 Å². The summed E-state index contributed by atoms with van der Waals surface area (Å²) in [6.07, 6.45) is 0. The van der Waals surface area contributed by atoms with Gasteiger partial charge in [0.15, 0.2) is 0 Å². The molecule has 0 saturated heterocycles. The van der Waals surface area contributed by atoms with E-state index in [1.807, 2.05) is 26.0 Å². The lowest BCUT2D eigenvalue weighted by atomic mass is 10.0. The van der Waals surface area contributed by atoms with Gasteiger partial charge in [0.1, 0.15) is 0 Å². The molecule has 0 aromatic heterocycles. The van der Waals surface area contributed by atoms with Gasteiger partial charge in [-0.15, -0.1) is 0 Å². The van der Waals surface area contributed by atoms with Crippen molar-refractivity contribution in [2.45, 2.75) is 39.3 Å². The molecule has 0 saturated carbocycles. The van der Waals surface area contributed by atoms with Gasteiger partial charge in [-0.05, 0) is 38.8 Å². The molecular formula is C13H21NO. The highest BCUT2D eigenvalue weighted by Crippen LogP contribution is 2.17. The lowest BCUT2D eigenvalue weighted by molar-refractivity contribution is 0.0770. The van der Waals surface area contributed by atoms with Crippen LogP contribution in [-0.4, -0.2) is 17.3 Å². The van der Waals surface area contributed by atoms with E-state index in [1.165, 1.54) is 11.1 Å². The third-order valence-corrected chi connectivity index (χ3v) is 2.50. The number of aliphatic hydroxyl groups is 1. The van der Waals surface area contributed by atoms with Crippen molar-refractivity contribution >= 4 is 0 Å². The van der Waals surface area contributed by atoms with Gasteiger partial charge >= 0.3 is 0 Å². The van der Waals surface area contributed by atoms with Crippen molar-refractivity contribution in [3.63, 3.8) is 0 Å². The highest BCUT2D eigenvalue weighted by molar-refractivity contribution is 5.28. The molecule has 1 atom stereocenters. The highest BCUT2D eigenvalue weighted by Gasteiger charge is 2.14. The Morgan fingerprint density at radius 2 is 1.93 bits per heavy atom. The Morgan fingerprint density at radius 3 is 2.47 bits per heavy atom. The Morgan fingerprint density at radius 1 is 1.33 bits per heavy atom. The summed E-state index contributed by atoms with van der Waals surface area (Å²) in [6.45, 7) is 8.45. The molecule has 0 bridgehead atoms. The zero-order valence-corrected chi connectivity index (χ0v) is 10.0. The SMILES string of the molecule is Cc1ccccc1[C@H](C)NCC(C)(C)O. The number of hydrogen-bond acceptors (Lipinski definition) is 2. The average molecular weight is 207 g/mol. The molecule has 2 nitrogen and oxygen atoms in total. The summed E-state index contributed by atoms with van der Waals surface area (Å²) < 4.78 is 0. The van der Waals surface area contributed by atoms with Crippen LogP contribution < -0.4 is 5.32 Å². The molecule has 84 valence electrons. The maximum atomic E-state index is 9.62. The molecule has 0 unspecified atom stereocenters. The first-order valence-electron chi connectivity index (χ1n) is 5.41. The summed E-state index contributed by atoms with van der Waals surface area (Å²) in [5, 5.41) is 12.9. The van der Waals surface area contributed by atoms with Crippen molar-refractivity contribution in [1.29, 1.82) is 0 Å². The fraction of sp³-hybridized carbons (Fsp3) is 0.538. The zero-order valence-electron chi connectivity index (χ0n) is 10.0. The third-order valence-electron chi connectivity index (χ3n) is 2.50. The summed E-state index contributed by atoms with van der Waals surface area (Å²) in [7, 11) is 0. The molecule has 0 fully saturated rings. The average Bonchev–Trinajstić information content (AvgIpc) is 2.14. The molecule has 0 radical (unpaired) electrons. The highest BCUT2D eigenvalue weighted by atomic mass is 16.3. The van der Waals surface area contributed by atoms with E-state index >= 15 is 0 Å². The first-order chi connectivity index (χ1) is 6.90. The lowest BCUT2D eigenvalue weighted by Gasteiger charge is -2.22. The van der Waals surface area contributed by atoms with Gasteiger partial charge in [0.05, 0.1) is 5.60 Å². The van der Waals surface area contributed by atoms with Crippen LogP contribution in [0.15, 0.2) is 24.3 Å². The third kappa shape index (κ3) is 4.02. The van der Waals surface area contributed by atoms with Crippen molar-refractivity contribution in [3.05, 3.63) is 35.4 Å². The molecule has 0 spiro atoms. The van der Waals surface area contributed by atoms with Gasteiger partial charge in [0, 0.05) is 12.6 Å². The first kappa shape index (κ1) is 12.2. The van der Waals surface area contributed by atoms with Crippen LogP contribution >= 0.6 is 0 Å². The molecule has 0 aliphatic rings. The molecule has 0 heterocycles. The van der Waals surface area contributed by atoms with Crippen LogP contribution in [0.1, 0.15) is 37.9 Å². The largest absolute Gasteiger partial charge is 0.389 e. The second-order valence-corrected chi connectivity index (χ2v) is 4.77. The minimum atomic E-state index is -0.656. The van der Waals surface area contributed by atoms with E-state index in [9.17, 15) is 5.11 Å². The van der Waals surface area contributed by atoms with Gasteiger partial charge in [-0.3, -0.25) is 0 Å². The quantitative estimate of drug-likeness (QED) is 0.794. The number of benzene rings is 1. The predicted octanol–water partition coefficient (Wildman–Crippen LogP) is 2.42. The molecular weight excluding hydrogens is 186 g/mol. The van der Waals surface area contributed by atoms with E-state index in [2.05, 4.69) is 31.3 Å². The molecule has 0 amide bonds. The molecule has 15 heavy (non-hydrogen) atoms. The second kappa shape index (κ2) is 4.77. The van der Waals surface area contributed by atoms with E-state index < -0.39 is 5.60 Å². The number of nitrogens with one attached hydrogen (secondary N) is 1. The van der Waals surface area contributed by atoms with Crippen LogP contribution in [-0.2, 0) is 0 Å². The van der Waals surface area contributed by atoms with Crippen LogP contribution in [0.4, 0.5) is 0 Å². The molecule has 1 rings (SSSR count). The molecule has 1 aromatic rings. The topological polar surface area (TPSA) is 32.3 Å². The Bertz CT molecular complexity index is 315. The molecule has 2 N–H and O–H groups in total. The standard InChI is InChI=1S/C13H21NO/c1-10-7-5-6-8-12(10)11(2)14-9-13(3,4)15/h5-8,11,14-15H,9H2,1-4H3/t11-/m0/s1. The van der Waals surface area contributed by atoms with Gasteiger partial charge in [0.2, 0.25) is 0 Å². The van der Waals surface area contributed by atoms with Gasteiger partial charge in [-0.25, -0.2) is 0 Å². The van der Waals surface area contributed by atoms with Gasteiger partial charge in [-0.2, -0.15) is 0 Å². The van der Waals surface area contributed by atoms with E-state index in [1.54, 1.807) is 0 Å². The Kier molecular flexibility index (Phi) is 3.89. The maximum Gasteiger partial charge on any atom is 0.0715 e. The maximum absolute atomic E-state index is 9.62. The minimum Gasteiger partial charge on any atom is -0.389 e. The van der Waals surface area contributed by atoms with Crippen LogP contribution in [0.5, 0.6) is 0 Å². The Hall–Kier alpha value is -0.860. The van der Waals surface area contributed by atoms with Crippen molar-refractivity contribution in [1.82, 2.24) is 5.32 Å². The van der Waals surface area contributed by atoms with E-state index in [-0.39, 0.29) is 6.04 Å². The number of hydrogen-bond donors (Lipinski definition) is 2. The fourth-order valence-corrected chi connectivity index (χ4v) is 1.59. The Balaban J connectivity index is 2.62. The molecule has 2 heteroatoms. The monoisotopic (exact) mass is 207 g/mol. The van der Waals surface area contributed by atoms with Crippen LogP contribution in [0.25, 0.3) is 0 Å². The van der Waals surface area contributed by atoms with E-state index in [0.29, 0.717) is 6.54 Å². The normalized spacial score (nSPS) is 13.9. The van der Waals surface area contributed by atoms with Crippen molar-refractivity contribution < 1.29 is 5.11 Å². The molecule has 1 aromatic carbocycles. The van der Waals surface area contributed by atoms with Gasteiger partial charge in [0.25, 0.3) is 0 Å².